The predicted octanol–water partition coefficient (Wildman–Crippen LogP) is 0.643. The third kappa shape index (κ3) is 3.12. The number of carbonyl (C=O) groups is 3. The Morgan fingerprint density at radius 2 is 2.18 bits per heavy atom. The molecule has 8 heteroatoms. The number of aliphatic hydroxyl groups is 1. The largest absolute Gasteiger partial charge is 0.481 e. The molecule has 8 nitrogen and oxygen atoms in total. The number of unbranched alkanes of at least 4 members (excludes halogenated alkanes) is 1. The average Bonchev–Trinajstić information content (AvgIpc) is 3.30. The molecule has 0 unspecified atom stereocenters. The van der Waals surface area contributed by atoms with Crippen LogP contribution in [0, 0.1) is 11.8 Å². The van der Waals surface area contributed by atoms with Crippen molar-refractivity contribution in [1.82, 2.24) is 9.80 Å². The normalized spacial score (nSPS) is 33.2. The van der Waals surface area contributed by atoms with Gasteiger partial charge in [0.1, 0.15) is 11.6 Å². The minimum Gasteiger partial charge on any atom is -0.481 e. The van der Waals surface area contributed by atoms with E-state index in [9.17, 15) is 24.6 Å². The van der Waals surface area contributed by atoms with Crippen molar-refractivity contribution in [2.24, 2.45) is 11.8 Å². The second-order valence-electron chi connectivity index (χ2n) is 7.93. The zero-order chi connectivity index (χ0) is 20.5. The molecule has 28 heavy (non-hydrogen) atoms. The van der Waals surface area contributed by atoms with Gasteiger partial charge in [0.2, 0.25) is 11.8 Å². The van der Waals surface area contributed by atoms with Crippen LogP contribution >= 0.6 is 0 Å². The highest BCUT2D eigenvalue weighted by molar-refractivity contribution is 5.98. The molecule has 0 radical (unpaired) electrons. The number of rotatable bonds is 10. The number of likely N-dealkylation sites (tertiary alicyclic amines) is 1. The highest BCUT2D eigenvalue weighted by Gasteiger charge is 2.74. The smallest absolute Gasteiger partial charge is 0.310 e. The molecule has 1 spiro atoms. The number of amides is 2. The van der Waals surface area contributed by atoms with Crippen LogP contribution in [0.4, 0.5) is 0 Å². The van der Waals surface area contributed by atoms with E-state index < -0.39 is 35.6 Å². The molecule has 0 aromatic carbocycles. The van der Waals surface area contributed by atoms with Gasteiger partial charge in [-0.1, -0.05) is 19.4 Å². The molecule has 0 aromatic heterocycles. The van der Waals surface area contributed by atoms with Crippen LogP contribution < -0.4 is 0 Å². The molecule has 3 fully saturated rings. The molecular formula is C20H30N2O6. The first-order chi connectivity index (χ1) is 13.4. The summed E-state index contributed by atoms with van der Waals surface area (Å²) in [7, 11) is 0. The van der Waals surface area contributed by atoms with Crippen molar-refractivity contribution in [3.8, 4) is 0 Å². The number of carbonyl (C=O) groups excluding carboxylic acids is 2. The van der Waals surface area contributed by atoms with Crippen molar-refractivity contribution < 1.29 is 29.3 Å². The van der Waals surface area contributed by atoms with E-state index in [4.69, 9.17) is 4.74 Å². The topological polar surface area (TPSA) is 107 Å². The third-order valence-electron chi connectivity index (χ3n) is 6.32. The van der Waals surface area contributed by atoms with Crippen molar-refractivity contribution in [1.29, 1.82) is 0 Å². The van der Waals surface area contributed by atoms with Crippen LogP contribution in [0.2, 0.25) is 0 Å². The van der Waals surface area contributed by atoms with Gasteiger partial charge in [-0.25, -0.2) is 0 Å². The van der Waals surface area contributed by atoms with Crippen molar-refractivity contribution in [2.45, 2.75) is 56.8 Å². The Kier molecular flexibility index (Phi) is 6.09. The molecule has 2 bridgehead atoms. The highest BCUT2D eigenvalue weighted by atomic mass is 16.5. The first kappa shape index (κ1) is 20.8. The van der Waals surface area contributed by atoms with Gasteiger partial charge in [0, 0.05) is 26.2 Å². The second-order valence-corrected chi connectivity index (χ2v) is 7.93. The van der Waals surface area contributed by atoms with Gasteiger partial charge in [-0.05, 0) is 25.7 Å². The van der Waals surface area contributed by atoms with Crippen LogP contribution in [0.15, 0.2) is 12.7 Å². The number of nitrogens with zero attached hydrogens (tertiary/aromatic N) is 2. The van der Waals surface area contributed by atoms with E-state index >= 15 is 0 Å². The average molecular weight is 394 g/mol. The molecule has 0 aliphatic carbocycles. The molecule has 3 saturated heterocycles. The lowest BCUT2D eigenvalue weighted by atomic mass is 9.70. The molecule has 156 valence electrons. The molecule has 5 atom stereocenters. The maximum atomic E-state index is 13.6. The number of ether oxygens (including phenoxy) is 1. The first-order valence-corrected chi connectivity index (χ1v) is 10.1. The molecule has 3 heterocycles. The fraction of sp³-hybridized carbons (Fsp3) is 0.750. The SMILES string of the molecule is C=CCN(CCCC)C(=O)[C@H]1N(CCCO)C(=O)[C@@H]2[C@@H](C(=O)O)[C@H]3CC[C@]21O3. The fourth-order valence-electron chi connectivity index (χ4n) is 5.16. The summed E-state index contributed by atoms with van der Waals surface area (Å²) in [6.45, 7) is 6.78. The quantitative estimate of drug-likeness (QED) is 0.527. The summed E-state index contributed by atoms with van der Waals surface area (Å²) in [4.78, 5) is 41.8. The van der Waals surface area contributed by atoms with Crippen LogP contribution in [0.5, 0.6) is 0 Å². The summed E-state index contributed by atoms with van der Waals surface area (Å²) in [5, 5.41) is 18.9. The Balaban J connectivity index is 1.98. The Morgan fingerprint density at radius 1 is 1.43 bits per heavy atom. The van der Waals surface area contributed by atoms with Gasteiger partial charge in [-0.15, -0.1) is 6.58 Å². The van der Waals surface area contributed by atoms with Gasteiger partial charge >= 0.3 is 5.97 Å². The van der Waals surface area contributed by atoms with Crippen molar-refractivity contribution in [3.63, 3.8) is 0 Å². The summed E-state index contributed by atoms with van der Waals surface area (Å²) in [5.41, 5.74) is -1.08. The minimum absolute atomic E-state index is 0.111. The monoisotopic (exact) mass is 394 g/mol. The van der Waals surface area contributed by atoms with E-state index in [1.807, 2.05) is 6.92 Å². The Morgan fingerprint density at radius 3 is 2.79 bits per heavy atom. The zero-order valence-electron chi connectivity index (χ0n) is 16.4. The van der Waals surface area contributed by atoms with E-state index in [1.54, 1.807) is 11.0 Å². The van der Waals surface area contributed by atoms with Gasteiger partial charge < -0.3 is 24.7 Å². The summed E-state index contributed by atoms with van der Waals surface area (Å²) >= 11 is 0. The standard InChI is InChI=1S/C20H30N2O6/c1-3-5-10-21(9-4-2)18(25)16-20-8-7-13(28-20)14(19(26)27)15(20)17(24)22(16)11-6-12-23/h4,13-16,23H,2-3,5-12H2,1H3,(H,26,27)/t13-,14+,15+,16-,20+/m1/s1. The predicted molar refractivity (Wildman–Crippen MR) is 100 cm³/mol. The Bertz CT molecular complexity index is 653. The molecule has 3 aliphatic heterocycles. The van der Waals surface area contributed by atoms with Crippen LogP contribution in [-0.4, -0.2) is 81.8 Å². The van der Waals surface area contributed by atoms with Crippen LogP contribution in [0.1, 0.15) is 39.0 Å². The molecule has 3 aliphatic rings. The number of aliphatic hydroxyl groups excluding tert-OH is 1. The lowest BCUT2D eigenvalue weighted by Gasteiger charge is -2.36. The Labute approximate surface area is 165 Å². The number of carboxylic acid groups (broad SMARTS) is 1. The van der Waals surface area contributed by atoms with E-state index in [1.165, 1.54) is 4.90 Å². The Hall–Kier alpha value is -1.93. The van der Waals surface area contributed by atoms with E-state index in [0.717, 1.165) is 12.8 Å². The fourth-order valence-corrected chi connectivity index (χ4v) is 5.16. The summed E-state index contributed by atoms with van der Waals surface area (Å²) in [6, 6.07) is -0.845. The van der Waals surface area contributed by atoms with Gasteiger partial charge in [-0.3, -0.25) is 14.4 Å². The summed E-state index contributed by atoms with van der Waals surface area (Å²) in [6.07, 6.45) is 4.25. The van der Waals surface area contributed by atoms with E-state index in [-0.39, 0.29) is 25.0 Å². The van der Waals surface area contributed by atoms with Crippen molar-refractivity contribution >= 4 is 17.8 Å². The lowest BCUT2D eigenvalue weighted by Crippen LogP contribution is -2.56. The first-order valence-electron chi connectivity index (χ1n) is 10.1. The minimum atomic E-state index is -1.08. The number of carboxylic acids is 1. The molecule has 0 aromatic rings. The second kappa shape index (κ2) is 8.21. The molecular weight excluding hydrogens is 364 g/mol. The van der Waals surface area contributed by atoms with Gasteiger partial charge in [0.05, 0.1) is 17.9 Å². The van der Waals surface area contributed by atoms with E-state index in [0.29, 0.717) is 32.4 Å². The summed E-state index contributed by atoms with van der Waals surface area (Å²) < 4.78 is 6.13. The molecule has 2 amide bonds. The highest BCUT2D eigenvalue weighted by Crippen LogP contribution is 2.58. The van der Waals surface area contributed by atoms with E-state index in [2.05, 4.69) is 6.58 Å². The molecule has 3 rings (SSSR count). The number of fused-ring (bicyclic) bond motifs is 1. The van der Waals surface area contributed by atoms with Gasteiger partial charge in [-0.2, -0.15) is 0 Å². The van der Waals surface area contributed by atoms with Crippen LogP contribution in [-0.2, 0) is 19.1 Å². The van der Waals surface area contributed by atoms with Gasteiger partial charge in [0.25, 0.3) is 0 Å². The maximum absolute atomic E-state index is 13.6. The number of hydrogen-bond donors (Lipinski definition) is 2. The maximum Gasteiger partial charge on any atom is 0.310 e. The third-order valence-corrected chi connectivity index (χ3v) is 6.32. The number of hydrogen-bond acceptors (Lipinski definition) is 5. The molecule has 2 N–H and O–H groups in total. The lowest BCUT2D eigenvalue weighted by molar-refractivity contribution is -0.151. The molecule has 0 saturated carbocycles. The van der Waals surface area contributed by atoms with Crippen LogP contribution in [0.25, 0.3) is 0 Å². The summed E-state index contributed by atoms with van der Waals surface area (Å²) in [5.74, 6) is -3.36. The van der Waals surface area contributed by atoms with Crippen LogP contribution in [0.3, 0.4) is 0 Å². The van der Waals surface area contributed by atoms with Gasteiger partial charge in [0.15, 0.2) is 0 Å². The van der Waals surface area contributed by atoms with Crippen molar-refractivity contribution in [2.75, 3.05) is 26.2 Å². The number of aliphatic carboxylic acids is 1. The zero-order valence-corrected chi connectivity index (χ0v) is 16.4. The van der Waals surface area contributed by atoms with Crippen molar-refractivity contribution in [3.05, 3.63) is 12.7 Å².